The number of aromatic nitrogens is 2. The fourth-order valence-electron chi connectivity index (χ4n) is 1.24. The first-order chi connectivity index (χ1) is 7.78. The molecule has 0 saturated carbocycles. The van der Waals surface area contributed by atoms with E-state index >= 15 is 0 Å². The summed E-state index contributed by atoms with van der Waals surface area (Å²) >= 11 is 0. The van der Waals surface area contributed by atoms with Gasteiger partial charge in [0.2, 0.25) is 0 Å². The molecule has 78 valence electrons. The molecule has 4 heteroatoms. The number of nitrogens with zero attached hydrogens (tertiary/aromatic N) is 3. The van der Waals surface area contributed by atoms with Gasteiger partial charge < -0.3 is 4.74 Å². The Balaban J connectivity index is 2.29. The van der Waals surface area contributed by atoms with E-state index < -0.39 is 0 Å². The van der Waals surface area contributed by atoms with Crippen LogP contribution in [0.3, 0.4) is 0 Å². The average Bonchev–Trinajstić information content (AvgIpc) is 2.29. The predicted octanol–water partition coefficient (Wildman–Crippen LogP) is 2.45. The predicted molar refractivity (Wildman–Crippen MR) is 58.0 cm³/mol. The number of para-hydroxylation sites is 1. The van der Waals surface area contributed by atoms with Crippen molar-refractivity contribution >= 4 is 0 Å². The topological polar surface area (TPSA) is 58.8 Å². The van der Waals surface area contributed by atoms with Crippen LogP contribution in [0, 0.1) is 18.3 Å². The molecule has 16 heavy (non-hydrogen) atoms. The zero-order valence-electron chi connectivity index (χ0n) is 8.71. The lowest BCUT2D eigenvalue weighted by atomic mass is 10.3. The molecule has 0 radical (unpaired) electrons. The van der Waals surface area contributed by atoms with Crippen molar-refractivity contribution in [3.63, 3.8) is 0 Å². The summed E-state index contributed by atoms with van der Waals surface area (Å²) in [5, 5.41) is 8.76. The largest absolute Gasteiger partial charge is 0.424 e. The lowest BCUT2D eigenvalue weighted by Gasteiger charge is -2.03. The smallest absolute Gasteiger partial charge is 0.323 e. The van der Waals surface area contributed by atoms with Crippen molar-refractivity contribution in [2.24, 2.45) is 0 Å². The number of rotatable bonds is 2. The molecule has 0 aliphatic carbocycles. The van der Waals surface area contributed by atoms with Crippen molar-refractivity contribution in [1.82, 2.24) is 9.97 Å². The summed E-state index contributed by atoms with van der Waals surface area (Å²) < 4.78 is 5.43. The molecule has 0 aliphatic heterocycles. The Kier molecular flexibility index (Phi) is 2.79. The molecule has 2 aromatic rings. The zero-order valence-corrected chi connectivity index (χ0v) is 8.71. The summed E-state index contributed by atoms with van der Waals surface area (Å²) in [7, 11) is 0. The molecule has 4 nitrogen and oxygen atoms in total. The highest BCUT2D eigenvalue weighted by atomic mass is 16.5. The van der Waals surface area contributed by atoms with Gasteiger partial charge in [0.1, 0.15) is 17.5 Å². The van der Waals surface area contributed by atoms with Crippen LogP contribution in [-0.2, 0) is 0 Å². The standard InChI is InChI=1S/C12H9N3O/c1-9-7-10(8-13)15-12(14-9)16-11-5-3-2-4-6-11/h2-7H,1H3. The van der Waals surface area contributed by atoms with E-state index in [0.29, 0.717) is 17.1 Å². The maximum atomic E-state index is 8.76. The highest BCUT2D eigenvalue weighted by Gasteiger charge is 2.03. The van der Waals surface area contributed by atoms with Gasteiger partial charge in [0.05, 0.1) is 0 Å². The molecule has 0 aliphatic rings. The molecule has 0 atom stereocenters. The minimum absolute atomic E-state index is 0.197. The molecule has 2 rings (SSSR count). The Labute approximate surface area is 93.2 Å². The van der Waals surface area contributed by atoms with Crippen molar-refractivity contribution in [1.29, 1.82) is 5.26 Å². The van der Waals surface area contributed by atoms with Crippen LogP contribution in [0.15, 0.2) is 36.4 Å². The van der Waals surface area contributed by atoms with Crippen LogP contribution < -0.4 is 4.74 Å². The monoisotopic (exact) mass is 211 g/mol. The lowest BCUT2D eigenvalue weighted by Crippen LogP contribution is -1.96. The third kappa shape index (κ3) is 2.34. The Morgan fingerprint density at radius 2 is 1.94 bits per heavy atom. The Bertz CT molecular complexity index is 532. The van der Waals surface area contributed by atoms with Gasteiger partial charge in [-0.3, -0.25) is 0 Å². The van der Waals surface area contributed by atoms with Gasteiger partial charge in [0, 0.05) is 5.69 Å². The minimum Gasteiger partial charge on any atom is -0.424 e. The molecule has 0 unspecified atom stereocenters. The Morgan fingerprint density at radius 3 is 2.62 bits per heavy atom. The van der Waals surface area contributed by atoms with E-state index in [1.807, 2.05) is 24.3 Å². The highest BCUT2D eigenvalue weighted by molar-refractivity contribution is 5.27. The summed E-state index contributed by atoms with van der Waals surface area (Å²) in [6, 6.07) is 13.0. The molecule has 1 aromatic carbocycles. The molecule has 0 saturated heterocycles. The van der Waals surface area contributed by atoms with Crippen LogP contribution in [0.4, 0.5) is 0 Å². The summed E-state index contributed by atoms with van der Waals surface area (Å²) in [5.41, 5.74) is 1.01. The highest BCUT2D eigenvalue weighted by Crippen LogP contribution is 2.17. The molecule has 1 heterocycles. The Hall–Kier alpha value is -2.41. The maximum Gasteiger partial charge on any atom is 0.323 e. The number of hydrogen-bond donors (Lipinski definition) is 0. The van der Waals surface area contributed by atoms with E-state index in [0.717, 1.165) is 0 Å². The van der Waals surface area contributed by atoms with Crippen molar-refractivity contribution in [3.8, 4) is 17.8 Å². The van der Waals surface area contributed by atoms with Crippen LogP contribution in [0.25, 0.3) is 0 Å². The van der Waals surface area contributed by atoms with Crippen molar-refractivity contribution in [3.05, 3.63) is 47.8 Å². The van der Waals surface area contributed by atoms with Crippen LogP contribution in [0.2, 0.25) is 0 Å². The number of nitriles is 1. The minimum atomic E-state index is 0.197. The first-order valence-corrected chi connectivity index (χ1v) is 4.76. The van der Waals surface area contributed by atoms with E-state index in [4.69, 9.17) is 10.00 Å². The molecule has 1 aromatic heterocycles. The van der Waals surface area contributed by atoms with Gasteiger partial charge in [-0.1, -0.05) is 18.2 Å². The van der Waals surface area contributed by atoms with Crippen molar-refractivity contribution in [2.75, 3.05) is 0 Å². The number of ether oxygens (including phenoxy) is 1. The number of aryl methyl sites for hydroxylation is 1. The Morgan fingerprint density at radius 1 is 1.19 bits per heavy atom. The second-order valence-electron chi connectivity index (χ2n) is 3.20. The molecule has 0 bridgehead atoms. The van der Waals surface area contributed by atoms with Crippen molar-refractivity contribution < 1.29 is 4.74 Å². The number of benzene rings is 1. The zero-order chi connectivity index (χ0) is 11.4. The van der Waals surface area contributed by atoms with E-state index in [-0.39, 0.29) is 6.01 Å². The van der Waals surface area contributed by atoms with Crippen LogP contribution in [-0.4, -0.2) is 9.97 Å². The van der Waals surface area contributed by atoms with Gasteiger partial charge >= 0.3 is 6.01 Å². The SMILES string of the molecule is Cc1cc(C#N)nc(Oc2ccccc2)n1. The second-order valence-corrected chi connectivity index (χ2v) is 3.20. The molecular formula is C12H9N3O. The number of hydrogen-bond acceptors (Lipinski definition) is 4. The first-order valence-electron chi connectivity index (χ1n) is 4.76. The molecule has 0 N–H and O–H groups in total. The van der Waals surface area contributed by atoms with Gasteiger partial charge in [-0.25, -0.2) is 4.98 Å². The summed E-state index contributed by atoms with van der Waals surface area (Å²) in [4.78, 5) is 8.05. The molecule has 0 fully saturated rings. The van der Waals surface area contributed by atoms with Crippen LogP contribution in [0.1, 0.15) is 11.4 Å². The third-order valence-corrected chi connectivity index (χ3v) is 1.90. The van der Waals surface area contributed by atoms with E-state index in [2.05, 4.69) is 9.97 Å². The van der Waals surface area contributed by atoms with Crippen LogP contribution >= 0.6 is 0 Å². The quantitative estimate of drug-likeness (QED) is 0.765. The van der Waals surface area contributed by atoms with Gasteiger partial charge in [-0.2, -0.15) is 10.2 Å². The summed E-state index contributed by atoms with van der Waals surface area (Å²) in [6.07, 6.45) is 0. The second kappa shape index (κ2) is 4.41. The average molecular weight is 211 g/mol. The van der Waals surface area contributed by atoms with E-state index in [9.17, 15) is 0 Å². The normalized spacial score (nSPS) is 9.50. The maximum absolute atomic E-state index is 8.76. The van der Waals surface area contributed by atoms with Crippen molar-refractivity contribution in [2.45, 2.75) is 6.92 Å². The lowest BCUT2D eigenvalue weighted by molar-refractivity contribution is 0.440. The van der Waals surface area contributed by atoms with Crippen LogP contribution in [0.5, 0.6) is 11.8 Å². The van der Waals surface area contributed by atoms with E-state index in [1.54, 1.807) is 25.1 Å². The molecule has 0 amide bonds. The fourth-order valence-corrected chi connectivity index (χ4v) is 1.24. The third-order valence-electron chi connectivity index (χ3n) is 1.90. The molecule has 0 spiro atoms. The summed E-state index contributed by atoms with van der Waals surface area (Å²) in [5.74, 6) is 0.650. The van der Waals surface area contributed by atoms with Gasteiger partial charge in [-0.15, -0.1) is 0 Å². The summed E-state index contributed by atoms with van der Waals surface area (Å²) in [6.45, 7) is 1.79. The van der Waals surface area contributed by atoms with Gasteiger partial charge in [0.15, 0.2) is 0 Å². The van der Waals surface area contributed by atoms with Gasteiger partial charge in [-0.05, 0) is 25.1 Å². The first kappa shape index (κ1) is 10.1. The fraction of sp³-hybridized carbons (Fsp3) is 0.0833. The van der Waals surface area contributed by atoms with E-state index in [1.165, 1.54) is 0 Å². The van der Waals surface area contributed by atoms with Gasteiger partial charge in [0.25, 0.3) is 0 Å². The molecular weight excluding hydrogens is 202 g/mol.